The Morgan fingerprint density at radius 1 is 1.59 bits per heavy atom. The topological polar surface area (TPSA) is 62.7 Å². The van der Waals surface area contributed by atoms with E-state index in [0.29, 0.717) is 18.2 Å². The van der Waals surface area contributed by atoms with E-state index < -0.39 is 0 Å². The van der Waals surface area contributed by atoms with Crippen LogP contribution in [-0.4, -0.2) is 27.2 Å². The lowest BCUT2D eigenvalue weighted by Crippen LogP contribution is -2.30. The highest BCUT2D eigenvalue weighted by atomic mass is 16.1. The molecule has 0 radical (unpaired) electrons. The Balaban J connectivity index is 1.76. The Labute approximate surface area is 99.8 Å². The third-order valence-corrected chi connectivity index (χ3v) is 2.51. The van der Waals surface area contributed by atoms with E-state index in [1.807, 2.05) is 23.0 Å². The first-order valence-electron chi connectivity index (χ1n) is 5.64. The van der Waals surface area contributed by atoms with Crippen molar-refractivity contribution in [1.29, 1.82) is 0 Å². The maximum absolute atomic E-state index is 11.6. The summed E-state index contributed by atoms with van der Waals surface area (Å²) in [5.41, 5.74) is 0.594. The van der Waals surface area contributed by atoms with Crippen molar-refractivity contribution >= 4 is 5.91 Å². The molecule has 0 aliphatic rings. The van der Waals surface area contributed by atoms with Gasteiger partial charge in [0, 0.05) is 31.7 Å². The summed E-state index contributed by atoms with van der Waals surface area (Å²) in [5, 5.41) is 7.02. The average molecular weight is 232 g/mol. The van der Waals surface area contributed by atoms with E-state index in [1.165, 1.54) is 0 Å². The van der Waals surface area contributed by atoms with Crippen molar-refractivity contribution < 1.29 is 4.79 Å². The minimum atomic E-state index is -0.0673. The number of hydrogen-bond donors (Lipinski definition) is 2. The Hall–Kier alpha value is -2.04. The van der Waals surface area contributed by atoms with Crippen LogP contribution in [-0.2, 0) is 6.54 Å². The van der Waals surface area contributed by atoms with Crippen LogP contribution in [0.1, 0.15) is 17.4 Å². The first-order valence-corrected chi connectivity index (χ1v) is 5.64. The quantitative estimate of drug-likeness (QED) is 0.815. The van der Waals surface area contributed by atoms with Crippen molar-refractivity contribution in [2.75, 3.05) is 6.54 Å². The van der Waals surface area contributed by atoms with Crippen LogP contribution >= 0.6 is 0 Å². The number of H-pyrrole nitrogens is 1. The summed E-state index contributed by atoms with van der Waals surface area (Å²) in [5.74, 6) is 0.274. The molecule has 0 saturated carbocycles. The van der Waals surface area contributed by atoms with Crippen LogP contribution < -0.4 is 5.32 Å². The zero-order valence-electron chi connectivity index (χ0n) is 9.76. The van der Waals surface area contributed by atoms with Crippen LogP contribution in [0.4, 0.5) is 0 Å². The van der Waals surface area contributed by atoms with Gasteiger partial charge in [0.1, 0.15) is 5.69 Å². The fourth-order valence-corrected chi connectivity index (χ4v) is 1.63. The molecule has 0 saturated heterocycles. The highest BCUT2D eigenvalue weighted by Gasteiger charge is 2.08. The van der Waals surface area contributed by atoms with Gasteiger partial charge in [0.15, 0.2) is 0 Å². The summed E-state index contributed by atoms with van der Waals surface area (Å²) >= 11 is 0. The minimum Gasteiger partial charge on any atom is -0.357 e. The Bertz CT molecular complexity index is 447. The average Bonchev–Trinajstić information content (AvgIpc) is 2.97. The van der Waals surface area contributed by atoms with E-state index in [9.17, 15) is 4.79 Å². The molecule has 17 heavy (non-hydrogen) atoms. The first kappa shape index (κ1) is 11.4. The second-order valence-electron chi connectivity index (χ2n) is 4.13. The third kappa shape index (κ3) is 3.21. The van der Waals surface area contributed by atoms with Gasteiger partial charge >= 0.3 is 0 Å². The third-order valence-electron chi connectivity index (χ3n) is 2.51. The number of hydrogen-bond acceptors (Lipinski definition) is 2. The van der Waals surface area contributed by atoms with Crippen molar-refractivity contribution in [1.82, 2.24) is 20.1 Å². The van der Waals surface area contributed by atoms with E-state index in [-0.39, 0.29) is 5.91 Å². The van der Waals surface area contributed by atoms with Gasteiger partial charge in [0.25, 0.3) is 5.91 Å². The molecule has 2 rings (SSSR count). The number of nitrogens with zero attached hydrogens (tertiary/aromatic N) is 2. The van der Waals surface area contributed by atoms with Crippen molar-refractivity contribution in [2.24, 2.45) is 5.92 Å². The lowest BCUT2D eigenvalue weighted by molar-refractivity contribution is 0.0942. The number of carbonyl (C=O) groups excluding carboxylic acids is 1. The molecule has 1 atom stereocenters. The zero-order chi connectivity index (χ0) is 12.1. The summed E-state index contributed by atoms with van der Waals surface area (Å²) < 4.78 is 1.87. The molecule has 5 heteroatoms. The second kappa shape index (κ2) is 5.34. The summed E-state index contributed by atoms with van der Waals surface area (Å²) in [6.45, 7) is 3.52. The van der Waals surface area contributed by atoms with Gasteiger partial charge in [-0.15, -0.1) is 0 Å². The van der Waals surface area contributed by atoms with Crippen molar-refractivity contribution in [3.05, 3.63) is 42.5 Å². The minimum absolute atomic E-state index is 0.0673. The highest BCUT2D eigenvalue weighted by molar-refractivity contribution is 5.92. The Morgan fingerprint density at radius 2 is 2.47 bits per heavy atom. The van der Waals surface area contributed by atoms with E-state index in [0.717, 1.165) is 6.54 Å². The van der Waals surface area contributed by atoms with Gasteiger partial charge in [-0.2, -0.15) is 5.10 Å². The zero-order valence-corrected chi connectivity index (χ0v) is 9.76. The largest absolute Gasteiger partial charge is 0.357 e. The van der Waals surface area contributed by atoms with Crippen LogP contribution in [0.15, 0.2) is 36.8 Å². The SMILES string of the molecule is CC(CNC(=O)c1ccc[nH]1)Cn1cccn1. The number of carbonyl (C=O) groups is 1. The number of aromatic nitrogens is 3. The number of nitrogens with one attached hydrogen (secondary N) is 2. The molecular weight excluding hydrogens is 216 g/mol. The van der Waals surface area contributed by atoms with Gasteiger partial charge in [-0.25, -0.2) is 0 Å². The summed E-state index contributed by atoms with van der Waals surface area (Å²) in [6.07, 6.45) is 5.41. The van der Waals surface area contributed by atoms with Crippen molar-refractivity contribution in [3.63, 3.8) is 0 Å². The number of aromatic amines is 1. The summed E-state index contributed by atoms with van der Waals surface area (Å²) in [4.78, 5) is 14.5. The van der Waals surface area contributed by atoms with E-state index in [2.05, 4.69) is 22.3 Å². The van der Waals surface area contributed by atoms with Crippen LogP contribution in [0, 0.1) is 5.92 Å². The Morgan fingerprint density at radius 3 is 3.12 bits per heavy atom. The van der Waals surface area contributed by atoms with Gasteiger partial charge < -0.3 is 10.3 Å². The molecule has 0 fully saturated rings. The molecule has 0 aliphatic carbocycles. The van der Waals surface area contributed by atoms with Gasteiger partial charge in [-0.3, -0.25) is 9.48 Å². The Kier molecular flexibility index (Phi) is 3.59. The van der Waals surface area contributed by atoms with Crippen molar-refractivity contribution in [3.8, 4) is 0 Å². The molecule has 0 spiro atoms. The maximum Gasteiger partial charge on any atom is 0.267 e. The lowest BCUT2D eigenvalue weighted by atomic mass is 10.2. The van der Waals surface area contributed by atoms with Crippen molar-refractivity contribution in [2.45, 2.75) is 13.5 Å². The van der Waals surface area contributed by atoms with E-state index in [1.54, 1.807) is 18.5 Å². The predicted molar refractivity (Wildman–Crippen MR) is 64.5 cm³/mol. The molecule has 0 aromatic carbocycles. The van der Waals surface area contributed by atoms with Gasteiger partial charge in [-0.05, 0) is 24.1 Å². The smallest absolute Gasteiger partial charge is 0.267 e. The molecule has 90 valence electrons. The molecule has 2 aromatic rings. The van der Waals surface area contributed by atoms with Gasteiger partial charge in [-0.1, -0.05) is 6.92 Å². The molecule has 5 nitrogen and oxygen atoms in total. The highest BCUT2D eigenvalue weighted by Crippen LogP contribution is 1.99. The number of amides is 1. The molecular formula is C12H16N4O. The maximum atomic E-state index is 11.6. The summed E-state index contributed by atoms with van der Waals surface area (Å²) in [7, 11) is 0. The van der Waals surface area contributed by atoms with Gasteiger partial charge in [0.2, 0.25) is 0 Å². The fraction of sp³-hybridized carbons (Fsp3) is 0.333. The molecule has 0 aliphatic heterocycles. The molecule has 1 amide bonds. The fourth-order valence-electron chi connectivity index (χ4n) is 1.63. The van der Waals surface area contributed by atoms with Crippen LogP contribution in [0.2, 0.25) is 0 Å². The summed E-state index contributed by atoms with van der Waals surface area (Å²) in [6, 6.07) is 5.46. The molecule has 0 bridgehead atoms. The monoisotopic (exact) mass is 232 g/mol. The molecule has 1 unspecified atom stereocenters. The van der Waals surface area contributed by atoms with Crippen LogP contribution in [0.25, 0.3) is 0 Å². The standard InChI is InChI=1S/C12H16N4O/c1-10(9-16-7-3-6-15-16)8-14-12(17)11-4-2-5-13-11/h2-7,10,13H,8-9H2,1H3,(H,14,17). The van der Waals surface area contributed by atoms with Crippen LogP contribution in [0.5, 0.6) is 0 Å². The van der Waals surface area contributed by atoms with E-state index in [4.69, 9.17) is 0 Å². The first-order chi connectivity index (χ1) is 8.25. The van der Waals surface area contributed by atoms with E-state index >= 15 is 0 Å². The molecule has 2 N–H and O–H groups in total. The molecule has 2 heterocycles. The second-order valence-corrected chi connectivity index (χ2v) is 4.13. The number of rotatable bonds is 5. The molecule has 2 aromatic heterocycles. The van der Waals surface area contributed by atoms with Crippen LogP contribution in [0.3, 0.4) is 0 Å². The van der Waals surface area contributed by atoms with Gasteiger partial charge in [0.05, 0.1) is 0 Å². The predicted octanol–water partition coefficient (Wildman–Crippen LogP) is 1.28. The normalized spacial score (nSPS) is 12.3. The lowest BCUT2D eigenvalue weighted by Gasteiger charge is -2.12.